The lowest BCUT2D eigenvalue weighted by Gasteiger charge is -2.31. The van der Waals surface area contributed by atoms with E-state index in [0.29, 0.717) is 18.9 Å². The Morgan fingerprint density at radius 2 is 1.71 bits per heavy atom. The highest BCUT2D eigenvalue weighted by Gasteiger charge is 2.36. The molecule has 5 nitrogen and oxygen atoms in total. The van der Waals surface area contributed by atoms with Gasteiger partial charge in [0.05, 0.1) is 5.75 Å². The van der Waals surface area contributed by atoms with Gasteiger partial charge >= 0.3 is 0 Å². The largest absolute Gasteiger partial charge is 0.352 e. The quantitative estimate of drug-likeness (QED) is 0.803. The van der Waals surface area contributed by atoms with Gasteiger partial charge in [-0.3, -0.25) is 4.79 Å². The van der Waals surface area contributed by atoms with Gasteiger partial charge in [0.15, 0.2) is 9.84 Å². The van der Waals surface area contributed by atoms with Crippen molar-refractivity contribution in [2.24, 2.45) is 0 Å². The van der Waals surface area contributed by atoms with Crippen LogP contribution in [0.3, 0.4) is 0 Å². The fourth-order valence-corrected chi connectivity index (χ4v) is 5.14. The van der Waals surface area contributed by atoms with Crippen LogP contribution in [0.5, 0.6) is 0 Å². The lowest BCUT2D eigenvalue weighted by atomic mass is 9.91. The first-order valence-electron chi connectivity index (χ1n) is 8.28. The zero-order valence-corrected chi connectivity index (χ0v) is 13.8. The topological polar surface area (TPSA) is 75.3 Å². The van der Waals surface area contributed by atoms with Crippen LogP contribution < -0.4 is 10.6 Å². The van der Waals surface area contributed by atoms with Crippen molar-refractivity contribution in [2.45, 2.75) is 75.6 Å². The standard InChI is InChI=1S/C15H28N2O3S/c1-2-10-16-12-6-8-13(9-7-12)17-15(18)14-5-3-4-11-21(14,19)20/h12-14,16H,2-11H2,1H3,(H,17,18). The summed E-state index contributed by atoms with van der Waals surface area (Å²) in [6.45, 7) is 3.20. The van der Waals surface area contributed by atoms with Crippen LogP contribution in [-0.2, 0) is 14.6 Å². The molecule has 0 radical (unpaired) electrons. The molecule has 2 fully saturated rings. The minimum atomic E-state index is -3.22. The molecule has 1 saturated carbocycles. The molecule has 1 saturated heterocycles. The zero-order valence-electron chi connectivity index (χ0n) is 12.9. The minimum Gasteiger partial charge on any atom is -0.352 e. The molecule has 1 unspecified atom stereocenters. The van der Waals surface area contributed by atoms with Crippen LogP contribution in [0.4, 0.5) is 0 Å². The predicted octanol–water partition coefficient (Wildman–Crippen LogP) is 1.38. The van der Waals surface area contributed by atoms with Gasteiger partial charge in [0.2, 0.25) is 5.91 Å². The fraction of sp³-hybridized carbons (Fsp3) is 0.933. The molecule has 0 aromatic carbocycles. The smallest absolute Gasteiger partial charge is 0.238 e. The number of hydrogen-bond acceptors (Lipinski definition) is 4. The van der Waals surface area contributed by atoms with Crippen molar-refractivity contribution >= 4 is 15.7 Å². The van der Waals surface area contributed by atoms with E-state index in [-0.39, 0.29) is 17.7 Å². The average molecular weight is 316 g/mol. The highest BCUT2D eigenvalue weighted by Crippen LogP contribution is 2.22. The van der Waals surface area contributed by atoms with Crippen LogP contribution in [0.1, 0.15) is 58.3 Å². The van der Waals surface area contributed by atoms with Gasteiger partial charge in [-0.2, -0.15) is 0 Å². The maximum atomic E-state index is 12.2. The van der Waals surface area contributed by atoms with Crippen LogP contribution in [0, 0.1) is 0 Å². The molecule has 2 N–H and O–H groups in total. The molecule has 2 aliphatic rings. The maximum Gasteiger partial charge on any atom is 0.238 e. The lowest BCUT2D eigenvalue weighted by Crippen LogP contribution is -2.48. The van der Waals surface area contributed by atoms with E-state index in [1.165, 1.54) is 0 Å². The Hall–Kier alpha value is -0.620. The summed E-state index contributed by atoms with van der Waals surface area (Å²) in [5.41, 5.74) is 0. The molecule has 2 rings (SSSR count). The molecular formula is C15H28N2O3S. The summed E-state index contributed by atoms with van der Waals surface area (Å²) >= 11 is 0. The number of rotatable bonds is 5. The third kappa shape index (κ3) is 4.68. The molecule has 1 aliphatic heterocycles. The highest BCUT2D eigenvalue weighted by atomic mass is 32.2. The first kappa shape index (κ1) is 16.7. The third-order valence-electron chi connectivity index (χ3n) is 4.63. The fourth-order valence-electron chi connectivity index (χ4n) is 3.33. The van der Waals surface area contributed by atoms with Crippen LogP contribution in [0.2, 0.25) is 0 Å². The Labute approximate surface area is 128 Å². The molecule has 21 heavy (non-hydrogen) atoms. The van der Waals surface area contributed by atoms with Gasteiger partial charge in [-0.15, -0.1) is 0 Å². The maximum absolute atomic E-state index is 12.2. The first-order valence-corrected chi connectivity index (χ1v) is 10.00. The average Bonchev–Trinajstić information content (AvgIpc) is 2.46. The Morgan fingerprint density at radius 3 is 2.33 bits per heavy atom. The number of carbonyl (C=O) groups excluding carboxylic acids is 1. The zero-order chi connectivity index (χ0) is 15.3. The number of hydrogen-bond donors (Lipinski definition) is 2. The number of sulfone groups is 1. The van der Waals surface area contributed by atoms with Crippen LogP contribution in [-0.4, -0.2) is 44.0 Å². The first-order chi connectivity index (χ1) is 10.0. The van der Waals surface area contributed by atoms with Crippen LogP contribution >= 0.6 is 0 Å². The van der Waals surface area contributed by atoms with Crippen molar-refractivity contribution in [3.05, 3.63) is 0 Å². The van der Waals surface area contributed by atoms with E-state index in [1.54, 1.807) is 0 Å². The molecular weight excluding hydrogens is 288 g/mol. The molecule has 6 heteroatoms. The summed E-state index contributed by atoms with van der Waals surface area (Å²) in [5, 5.41) is 5.68. The van der Waals surface area contributed by atoms with E-state index in [1.807, 2.05) is 0 Å². The SMILES string of the molecule is CCCNC1CCC(NC(=O)C2CCCCS2(=O)=O)CC1. The van der Waals surface area contributed by atoms with Crippen molar-refractivity contribution in [2.75, 3.05) is 12.3 Å². The normalized spacial score (nSPS) is 32.5. The molecule has 1 heterocycles. The number of amides is 1. The van der Waals surface area contributed by atoms with Crippen molar-refractivity contribution < 1.29 is 13.2 Å². The van der Waals surface area contributed by atoms with Crippen molar-refractivity contribution in [1.82, 2.24) is 10.6 Å². The van der Waals surface area contributed by atoms with Gasteiger partial charge in [0, 0.05) is 12.1 Å². The molecule has 122 valence electrons. The summed E-state index contributed by atoms with van der Waals surface area (Å²) in [6, 6.07) is 0.700. The number of nitrogens with one attached hydrogen (secondary N) is 2. The molecule has 0 spiro atoms. The van der Waals surface area contributed by atoms with E-state index in [4.69, 9.17) is 0 Å². The molecule has 0 bridgehead atoms. The van der Waals surface area contributed by atoms with Crippen LogP contribution in [0.15, 0.2) is 0 Å². The van der Waals surface area contributed by atoms with Gasteiger partial charge in [-0.1, -0.05) is 13.3 Å². The van der Waals surface area contributed by atoms with Crippen molar-refractivity contribution in [3.63, 3.8) is 0 Å². The molecule has 1 amide bonds. The summed E-state index contributed by atoms with van der Waals surface area (Å²) in [6.07, 6.45) is 7.16. The molecule has 0 aromatic heterocycles. The second-order valence-electron chi connectivity index (χ2n) is 6.36. The minimum absolute atomic E-state index is 0.148. The number of carbonyl (C=O) groups is 1. The lowest BCUT2D eigenvalue weighted by molar-refractivity contribution is -0.121. The van der Waals surface area contributed by atoms with Crippen molar-refractivity contribution in [3.8, 4) is 0 Å². The van der Waals surface area contributed by atoms with Crippen LogP contribution in [0.25, 0.3) is 0 Å². The van der Waals surface area contributed by atoms with Gasteiger partial charge in [0.25, 0.3) is 0 Å². The van der Waals surface area contributed by atoms with E-state index in [9.17, 15) is 13.2 Å². The van der Waals surface area contributed by atoms with Gasteiger partial charge < -0.3 is 10.6 Å². The molecule has 1 aliphatic carbocycles. The Morgan fingerprint density at radius 1 is 1.05 bits per heavy atom. The predicted molar refractivity (Wildman–Crippen MR) is 83.9 cm³/mol. The van der Waals surface area contributed by atoms with E-state index < -0.39 is 15.1 Å². The Bertz CT molecular complexity index is 442. The summed E-state index contributed by atoms with van der Waals surface area (Å²) < 4.78 is 23.9. The second kappa shape index (κ2) is 7.58. The summed E-state index contributed by atoms with van der Waals surface area (Å²) in [7, 11) is -3.22. The van der Waals surface area contributed by atoms with Gasteiger partial charge in [0.1, 0.15) is 5.25 Å². The highest BCUT2D eigenvalue weighted by molar-refractivity contribution is 7.92. The Balaban J connectivity index is 1.79. The van der Waals surface area contributed by atoms with E-state index >= 15 is 0 Å². The third-order valence-corrected chi connectivity index (χ3v) is 6.80. The van der Waals surface area contributed by atoms with Crippen molar-refractivity contribution in [1.29, 1.82) is 0 Å². The molecule has 1 atom stereocenters. The van der Waals surface area contributed by atoms with E-state index in [2.05, 4.69) is 17.6 Å². The monoisotopic (exact) mass is 316 g/mol. The molecule has 0 aromatic rings. The van der Waals surface area contributed by atoms with E-state index in [0.717, 1.165) is 45.1 Å². The Kier molecular flexibility index (Phi) is 6.05. The summed E-state index contributed by atoms with van der Waals surface area (Å²) in [5.74, 6) is -0.0988. The summed E-state index contributed by atoms with van der Waals surface area (Å²) in [4.78, 5) is 12.2. The second-order valence-corrected chi connectivity index (χ2v) is 8.67. The van der Waals surface area contributed by atoms with Gasteiger partial charge in [-0.25, -0.2) is 8.42 Å². The van der Waals surface area contributed by atoms with Gasteiger partial charge in [-0.05, 0) is 51.5 Å².